The van der Waals surface area contributed by atoms with Crippen LogP contribution in [0.3, 0.4) is 0 Å². The minimum Gasteiger partial charge on any atom is -0.356 e. The van der Waals surface area contributed by atoms with E-state index >= 15 is 0 Å². The van der Waals surface area contributed by atoms with Crippen molar-refractivity contribution in [3.8, 4) is 45.5 Å². The highest BCUT2D eigenvalue weighted by Crippen LogP contribution is 2.27. The number of aldehydes is 2. The molecule has 0 aliphatic rings. The highest BCUT2D eigenvalue weighted by Gasteiger charge is 2.27. The Kier molecular flexibility index (Phi) is 11.0. The van der Waals surface area contributed by atoms with Gasteiger partial charge in [-0.2, -0.15) is 10.5 Å². The Balaban J connectivity index is 1.17. The van der Waals surface area contributed by atoms with Gasteiger partial charge in [0, 0.05) is 33.9 Å². The molecule has 0 saturated heterocycles. The predicted molar refractivity (Wildman–Crippen MR) is 240 cm³/mol. The Morgan fingerprint density at radius 3 is 1.15 bits per heavy atom. The number of anilines is 4. The summed E-state index contributed by atoms with van der Waals surface area (Å²) in [6.45, 7) is -0.220. The van der Waals surface area contributed by atoms with Crippen LogP contribution in [-0.4, -0.2) is 19.3 Å². The van der Waals surface area contributed by atoms with Crippen molar-refractivity contribution in [2.75, 3.05) is 10.6 Å². The molecule has 0 aromatic heterocycles. The van der Waals surface area contributed by atoms with Crippen molar-refractivity contribution >= 4 is 58.4 Å². The molecule has 8 aromatic rings. The molecule has 0 aliphatic heterocycles. The van der Waals surface area contributed by atoms with Crippen molar-refractivity contribution in [1.29, 1.82) is 10.5 Å². The number of carbonyl (C=O) groups is 2. The third kappa shape index (κ3) is 8.46. The molecular formula is C52H35BN4O2. The summed E-state index contributed by atoms with van der Waals surface area (Å²) in [6, 6.07) is 66.2. The molecular weight excluding hydrogens is 723 g/mol. The van der Waals surface area contributed by atoms with E-state index in [1.807, 2.05) is 84.9 Å². The first kappa shape index (κ1) is 37.7. The third-order valence-electron chi connectivity index (χ3n) is 10.4. The number of rotatable bonds is 12. The van der Waals surface area contributed by atoms with Crippen molar-refractivity contribution in [1.82, 2.24) is 0 Å². The maximum absolute atomic E-state index is 11.2. The summed E-state index contributed by atoms with van der Waals surface area (Å²) in [6.07, 6.45) is 1.70. The molecule has 7 heteroatoms. The van der Waals surface area contributed by atoms with Gasteiger partial charge in [-0.1, -0.05) is 139 Å². The number of carbonyl (C=O) groups excluding carboxylic acids is 2. The van der Waals surface area contributed by atoms with Crippen LogP contribution in [0.5, 0.6) is 0 Å². The zero-order valence-electron chi connectivity index (χ0n) is 31.8. The van der Waals surface area contributed by atoms with E-state index < -0.39 is 0 Å². The molecule has 6 nitrogen and oxygen atoms in total. The summed E-state index contributed by atoms with van der Waals surface area (Å²) >= 11 is 0. The van der Waals surface area contributed by atoms with Gasteiger partial charge < -0.3 is 10.6 Å². The smallest absolute Gasteiger partial charge is 0.246 e. The van der Waals surface area contributed by atoms with Crippen LogP contribution in [0.2, 0.25) is 0 Å². The van der Waals surface area contributed by atoms with Crippen LogP contribution in [0, 0.1) is 22.7 Å². The van der Waals surface area contributed by atoms with Crippen LogP contribution < -0.4 is 27.0 Å². The summed E-state index contributed by atoms with van der Waals surface area (Å²) in [4.78, 5) is 22.4. The number of hydrogen-bond donors (Lipinski definition) is 2. The summed E-state index contributed by atoms with van der Waals surface area (Å²) in [7, 11) is 0. The number of nitrogens with zero attached hydrogens (tertiary/aromatic N) is 2. The van der Waals surface area contributed by atoms with Crippen LogP contribution in [0.4, 0.5) is 22.7 Å². The largest absolute Gasteiger partial charge is 0.356 e. The summed E-state index contributed by atoms with van der Waals surface area (Å²) in [5.74, 6) is 0. The van der Waals surface area contributed by atoms with E-state index in [4.69, 9.17) is 0 Å². The molecule has 0 saturated carbocycles. The van der Waals surface area contributed by atoms with Gasteiger partial charge in [-0.3, -0.25) is 9.59 Å². The second kappa shape index (κ2) is 17.3. The van der Waals surface area contributed by atoms with Gasteiger partial charge in [-0.05, 0) is 98.9 Å². The van der Waals surface area contributed by atoms with Gasteiger partial charge in [0.25, 0.3) is 0 Å². The lowest BCUT2D eigenvalue weighted by molar-refractivity contribution is 0.111. The maximum Gasteiger partial charge on any atom is 0.246 e. The van der Waals surface area contributed by atoms with Crippen LogP contribution in [0.25, 0.3) is 33.4 Å². The number of benzene rings is 8. The molecule has 59 heavy (non-hydrogen) atoms. The Bertz CT molecular complexity index is 2690. The van der Waals surface area contributed by atoms with Gasteiger partial charge in [-0.15, -0.1) is 0 Å². The van der Waals surface area contributed by atoms with Gasteiger partial charge in [0.2, 0.25) is 6.71 Å². The van der Waals surface area contributed by atoms with E-state index in [0.717, 1.165) is 85.1 Å². The fraction of sp³-hybridized carbons (Fsp3) is 0. The molecule has 278 valence electrons. The molecule has 8 aromatic carbocycles. The number of hydrogen-bond acceptors (Lipinski definition) is 6. The quantitative estimate of drug-likeness (QED) is 0.0950. The number of para-hydroxylation sites is 2. The SMILES string of the molecule is N#Cc1cc(C#N)cc(-c2ccc(B(c3ccccc3Nc3ccc(-c4ccc(C=O)cc4)cc3)c3ccccc3Nc3ccc(-c4ccc(C=O)cc4)cc3)cc2)c1. The van der Waals surface area contributed by atoms with Crippen LogP contribution in [0.15, 0.2) is 188 Å². The fourth-order valence-electron chi connectivity index (χ4n) is 7.35. The molecule has 0 heterocycles. The first-order chi connectivity index (χ1) is 29.0. The maximum atomic E-state index is 11.2. The van der Waals surface area contributed by atoms with Crippen molar-refractivity contribution in [2.24, 2.45) is 0 Å². The first-order valence-electron chi connectivity index (χ1n) is 19.1. The first-order valence-corrected chi connectivity index (χ1v) is 19.1. The van der Waals surface area contributed by atoms with E-state index in [-0.39, 0.29) is 6.71 Å². The summed E-state index contributed by atoms with van der Waals surface area (Å²) in [5.41, 5.74) is 15.0. The van der Waals surface area contributed by atoms with Crippen molar-refractivity contribution in [3.05, 3.63) is 210 Å². The minimum absolute atomic E-state index is 0.220. The Morgan fingerprint density at radius 1 is 0.407 bits per heavy atom. The average molecular weight is 759 g/mol. The zero-order chi connectivity index (χ0) is 40.6. The lowest BCUT2D eigenvalue weighted by Crippen LogP contribution is -2.53. The molecule has 0 spiro atoms. The Morgan fingerprint density at radius 2 is 0.763 bits per heavy atom. The van der Waals surface area contributed by atoms with E-state index in [9.17, 15) is 20.1 Å². The molecule has 2 N–H and O–H groups in total. The minimum atomic E-state index is -0.220. The highest BCUT2D eigenvalue weighted by atomic mass is 16.1. The van der Waals surface area contributed by atoms with Crippen LogP contribution in [-0.2, 0) is 0 Å². The van der Waals surface area contributed by atoms with Gasteiger partial charge in [0.15, 0.2) is 0 Å². The Hall–Kier alpha value is -8.26. The van der Waals surface area contributed by atoms with Gasteiger partial charge in [0.05, 0.1) is 23.3 Å². The summed E-state index contributed by atoms with van der Waals surface area (Å²) in [5, 5.41) is 26.7. The van der Waals surface area contributed by atoms with E-state index in [1.54, 1.807) is 6.07 Å². The molecule has 0 atom stereocenters. The Labute approximate surface area is 343 Å². The molecule has 0 amide bonds. The van der Waals surface area contributed by atoms with Gasteiger partial charge in [-0.25, -0.2) is 0 Å². The summed E-state index contributed by atoms with van der Waals surface area (Å²) < 4.78 is 0. The lowest BCUT2D eigenvalue weighted by Gasteiger charge is -2.23. The average Bonchev–Trinajstić information content (AvgIpc) is 3.31. The van der Waals surface area contributed by atoms with Gasteiger partial charge >= 0.3 is 0 Å². The molecule has 0 fully saturated rings. The zero-order valence-corrected chi connectivity index (χ0v) is 31.8. The standard InChI is InChI=1S/C52H35BN4O2/c54-32-38-29-39(33-55)31-45(30-38)44-17-23-46(24-18-44)53(49-5-1-3-7-51(49)56-47-25-19-42(20-26-47)40-13-9-36(34-58)10-14-40)50-6-2-4-8-52(50)57-48-27-21-43(22-28-48)41-15-11-37(35-59)12-16-41/h1-31,34-35,56-57H. The second-order valence-corrected chi connectivity index (χ2v) is 14.1. The molecule has 8 rings (SSSR count). The number of nitriles is 2. The normalized spacial score (nSPS) is 10.5. The van der Waals surface area contributed by atoms with Crippen molar-refractivity contribution in [2.45, 2.75) is 0 Å². The fourth-order valence-corrected chi connectivity index (χ4v) is 7.35. The molecule has 0 aliphatic carbocycles. The highest BCUT2D eigenvalue weighted by molar-refractivity contribution is 6.97. The second-order valence-electron chi connectivity index (χ2n) is 14.1. The number of nitrogens with one attached hydrogen (secondary N) is 2. The third-order valence-corrected chi connectivity index (χ3v) is 10.4. The topological polar surface area (TPSA) is 106 Å². The van der Waals surface area contributed by atoms with Crippen LogP contribution >= 0.6 is 0 Å². The lowest BCUT2D eigenvalue weighted by atomic mass is 9.36. The molecule has 0 radical (unpaired) electrons. The van der Waals surface area contributed by atoms with Crippen LogP contribution in [0.1, 0.15) is 31.8 Å². The van der Waals surface area contributed by atoms with Crippen molar-refractivity contribution in [3.63, 3.8) is 0 Å². The molecule has 0 unspecified atom stereocenters. The van der Waals surface area contributed by atoms with E-state index in [2.05, 4.69) is 120 Å². The van der Waals surface area contributed by atoms with Crippen molar-refractivity contribution < 1.29 is 9.59 Å². The van der Waals surface area contributed by atoms with E-state index in [0.29, 0.717) is 22.3 Å². The predicted octanol–water partition coefficient (Wildman–Crippen LogP) is 10.1. The monoisotopic (exact) mass is 758 g/mol. The molecule has 0 bridgehead atoms. The van der Waals surface area contributed by atoms with E-state index in [1.165, 1.54) is 0 Å². The van der Waals surface area contributed by atoms with Gasteiger partial charge in [0.1, 0.15) is 12.6 Å².